The molecular weight excluding hydrogens is 362 g/mol. The second kappa shape index (κ2) is 7.59. The Labute approximate surface area is 170 Å². The molecule has 2 aliphatic carbocycles. The summed E-state index contributed by atoms with van der Waals surface area (Å²) in [6, 6.07) is 14.2. The Morgan fingerprint density at radius 2 is 1.83 bits per heavy atom. The lowest BCUT2D eigenvalue weighted by Gasteiger charge is -2.43. The van der Waals surface area contributed by atoms with Gasteiger partial charge in [-0.3, -0.25) is 9.20 Å². The van der Waals surface area contributed by atoms with Crippen LogP contribution in [0.3, 0.4) is 0 Å². The molecule has 2 heterocycles. The highest BCUT2D eigenvalue weighted by Crippen LogP contribution is 2.42. The van der Waals surface area contributed by atoms with Crippen molar-refractivity contribution in [3.8, 4) is 0 Å². The molecule has 2 aromatic heterocycles. The summed E-state index contributed by atoms with van der Waals surface area (Å²) in [7, 11) is 0. The van der Waals surface area contributed by atoms with Crippen molar-refractivity contribution in [3.63, 3.8) is 0 Å². The molecule has 0 aliphatic heterocycles. The Morgan fingerprint density at radius 3 is 2.59 bits per heavy atom. The van der Waals surface area contributed by atoms with E-state index in [1.165, 1.54) is 19.3 Å². The predicted octanol–water partition coefficient (Wildman–Crippen LogP) is 3.41. The first-order valence-electron chi connectivity index (χ1n) is 10.6. The minimum Gasteiger partial charge on any atom is -0.327 e. The number of nitrogens with zero attached hydrogens (tertiary/aromatic N) is 3. The fourth-order valence-electron chi connectivity index (χ4n) is 5.15. The Kier molecular flexibility index (Phi) is 4.79. The molecule has 0 radical (unpaired) electrons. The lowest BCUT2D eigenvalue weighted by molar-refractivity contribution is -0.122. The van der Waals surface area contributed by atoms with Crippen LogP contribution in [0.2, 0.25) is 0 Å². The number of hydrogen-bond donors (Lipinski definition) is 2. The van der Waals surface area contributed by atoms with Gasteiger partial charge >= 0.3 is 0 Å². The van der Waals surface area contributed by atoms with Crippen LogP contribution in [0, 0.1) is 17.8 Å². The van der Waals surface area contributed by atoms with Crippen LogP contribution in [0.1, 0.15) is 43.5 Å². The van der Waals surface area contributed by atoms with Crippen LogP contribution in [0.15, 0.2) is 48.7 Å². The van der Waals surface area contributed by atoms with E-state index in [1.807, 2.05) is 53.1 Å². The van der Waals surface area contributed by atoms with Crippen LogP contribution in [-0.4, -0.2) is 26.5 Å². The van der Waals surface area contributed by atoms with Crippen molar-refractivity contribution in [2.45, 2.75) is 44.6 Å². The molecule has 2 atom stereocenters. The van der Waals surface area contributed by atoms with Crippen molar-refractivity contribution in [2.24, 2.45) is 23.5 Å². The molecule has 5 rings (SSSR count). The molecule has 2 unspecified atom stereocenters. The Balaban J connectivity index is 1.23. The number of carbonyl (C=O) groups is 1. The van der Waals surface area contributed by atoms with Crippen LogP contribution in [0.4, 0.5) is 5.69 Å². The number of amides is 1. The quantitative estimate of drug-likeness (QED) is 0.716. The number of nitrogens with one attached hydrogen (secondary N) is 1. The lowest BCUT2D eigenvalue weighted by atomic mass is 9.65. The van der Waals surface area contributed by atoms with Gasteiger partial charge in [-0.1, -0.05) is 24.6 Å². The van der Waals surface area contributed by atoms with E-state index in [2.05, 4.69) is 15.5 Å². The van der Waals surface area contributed by atoms with E-state index < -0.39 is 0 Å². The van der Waals surface area contributed by atoms with Crippen molar-refractivity contribution in [1.82, 2.24) is 14.6 Å². The average Bonchev–Trinajstić information content (AvgIpc) is 3.12. The number of nitrogens with two attached hydrogens (primary N) is 1. The van der Waals surface area contributed by atoms with Gasteiger partial charge in [-0.05, 0) is 67.3 Å². The average molecular weight is 390 g/mol. The fourth-order valence-corrected chi connectivity index (χ4v) is 5.15. The summed E-state index contributed by atoms with van der Waals surface area (Å²) in [4.78, 5) is 12.8. The minimum absolute atomic E-state index is 0.0899. The molecule has 3 aromatic rings. The van der Waals surface area contributed by atoms with Crippen LogP contribution in [0.25, 0.3) is 5.65 Å². The third-order valence-electron chi connectivity index (χ3n) is 6.75. The zero-order chi connectivity index (χ0) is 19.8. The number of fused-ring (bicyclic) bond motifs is 3. The molecule has 0 spiro atoms. The van der Waals surface area contributed by atoms with Gasteiger partial charge < -0.3 is 11.1 Å². The fraction of sp³-hybridized carbons (Fsp3) is 0.435. The Bertz CT molecular complexity index is 998. The van der Waals surface area contributed by atoms with Gasteiger partial charge in [0, 0.05) is 30.3 Å². The molecule has 6 nitrogen and oxygen atoms in total. The van der Waals surface area contributed by atoms with E-state index in [4.69, 9.17) is 5.73 Å². The molecule has 0 saturated heterocycles. The first-order chi connectivity index (χ1) is 14.2. The van der Waals surface area contributed by atoms with Gasteiger partial charge in [-0.25, -0.2) is 0 Å². The van der Waals surface area contributed by atoms with Crippen LogP contribution in [-0.2, 0) is 11.2 Å². The summed E-state index contributed by atoms with van der Waals surface area (Å²) in [5.41, 5.74) is 9.20. The normalized spacial score (nSPS) is 26.4. The summed E-state index contributed by atoms with van der Waals surface area (Å²) in [5.74, 6) is 2.16. The van der Waals surface area contributed by atoms with Crippen molar-refractivity contribution >= 4 is 17.2 Å². The van der Waals surface area contributed by atoms with Gasteiger partial charge in [-0.15, -0.1) is 10.2 Å². The molecule has 2 saturated carbocycles. The van der Waals surface area contributed by atoms with Gasteiger partial charge in [0.15, 0.2) is 5.65 Å². The van der Waals surface area contributed by atoms with Crippen molar-refractivity contribution in [1.29, 1.82) is 0 Å². The highest BCUT2D eigenvalue weighted by molar-refractivity contribution is 5.92. The SMILES string of the molecule is NC1C2CCCC1CC(C(=O)Nc1ccc(Cc3nnc4ccccn34)cc1)C2. The largest absolute Gasteiger partial charge is 0.327 e. The van der Waals surface area contributed by atoms with Crippen LogP contribution >= 0.6 is 0 Å². The highest BCUT2D eigenvalue weighted by atomic mass is 16.1. The lowest BCUT2D eigenvalue weighted by Crippen LogP contribution is -2.48. The van der Waals surface area contributed by atoms with Crippen LogP contribution in [0.5, 0.6) is 0 Å². The summed E-state index contributed by atoms with van der Waals surface area (Å²) in [6.07, 6.45) is 8.15. The van der Waals surface area contributed by atoms with E-state index in [1.54, 1.807) is 0 Å². The van der Waals surface area contributed by atoms with Gasteiger partial charge in [0.1, 0.15) is 5.82 Å². The third kappa shape index (κ3) is 3.65. The maximum Gasteiger partial charge on any atom is 0.227 e. The van der Waals surface area contributed by atoms with Gasteiger partial charge in [0.2, 0.25) is 5.91 Å². The van der Waals surface area contributed by atoms with Gasteiger partial charge in [-0.2, -0.15) is 0 Å². The number of rotatable bonds is 4. The van der Waals surface area contributed by atoms with E-state index in [0.717, 1.165) is 35.6 Å². The summed E-state index contributed by atoms with van der Waals surface area (Å²) < 4.78 is 2.00. The zero-order valence-electron chi connectivity index (χ0n) is 16.5. The molecule has 6 heteroatoms. The van der Waals surface area contributed by atoms with E-state index >= 15 is 0 Å². The smallest absolute Gasteiger partial charge is 0.227 e. The van der Waals surface area contributed by atoms with Crippen LogP contribution < -0.4 is 11.1 Å². The highest BCUT2D eigenvalue weighted by Gasteiger charge is 2.40. The first-order valence-corrected chi connectivity index (χ1v) is 10.6. The topological polar surface area (TPSA) is 85.3 Å². The zero-order valence-corrected chi connectivity index (χ0v) is 16.5. The Morgan fingerprint density at radius 1 is 1.07 bits per heavy atom. The first kappa shape index (κ1) is 18.3. The molecule has 1 aromatic carbocycles. The number of aromatic nitrogens is 3. The molecule has 2 fully saturated rings. The molecule has 2 bridgehead atoms. The van der Waals surface area contributed by atoms with E-state index in [9.17, 15) is 4.79 Å². The molecular formula is C23H27N5O. The molecule has 2 aliphatic rings. The van der Waals surface area contributed by atoms with Gasteiger partial charge in [0.05, 0.1) is 0 Å². The maximum atomic E-state index is 12.8. The van der Waals surface area contributed by atoms with Crippen molar-refractivity contribution in [3.05, 3.63) is 60.0 Å². The van der Waals surface area contributed by atoms with Crippen molar-refractivity contribution in [2.75, 3.05) is 5.32 Å². The number of hydrogen-bond acceptors (Lipinski definition) is 4. The molecule has 150 valence electrons. The van der Waals surface area contributed by atoms with Gasteiger partial charge in [0.25, 0.3) is 0 Å². The van der Waals surface area contributed by atoms with E-state index in [0.29, 0.717) is 24.3 Å². The summed E-state index contributed by atoms with van der Waals surface area (Å²) in [6.45, 7) is 0. The Hall–Kier alpha value is -2.73. The molecule has 1 amide bonds. The second-order valence-electron chi connectivity index (χ2n) is 8.60. The summed E-state index contributed by atoms with van der Waals surface area (Å²) in [5, 5.41) is 11.6. The molecule has 29 heavy (non-hydrogen) atoms. The number of carbonyl (C=O) groups excluding carboxylic acids is 1. The third-order valence-corrected chi connectivity index (χ3v) is 6.75. The monoisotopic (exact) mass is 389 g/mol. The number of anilines is 1. The van der Waals surface area contributed by atoms with E-state index in [-0.39, 0.29) is 11.8 Å². The molecule has 3 N–H and O–H groups in total. The number of benzene rings is 1. The van der Waals surface area contributed by atoms with Crippen molar-refractivity contribution < 1.29 is 4.79 Å². The second-order valence-corrected chi connectivity index (χ2v) is 8.60. The maximum absolute atomic E-state index is 12.8. The number of pyridine rings is 1. The summed E-state index contributed by atoms with van der Waals surface area (Å²) >= 11 is 0. The minimum atomic E-state index is 0.0899. The predicted molar refractivity (Wildman–Crippen MR) is 112 cm³/mol. The standard InChI is InChI=1S/C23H27N5O/c24-22-16-4-3-5-17(22)14-18(13-16)23(29)25-19-9-7-15(8-10-19)12-21-27-26-20-6-1-2-11-28(20)21/h1-2,6-11,16-18,22H,3-5,12-14,24H2,(H,25,29).